The fraction of sp³-hybridized carbons (Fsp3) is 0.556. The smallest absolute Gasteiger partial charge is 0.0210 e. The van der Waals surface area contributed by atoms with Crippen molar-refractivity contribution in [3.05, 3.63) is 50.6 Å². The molecule has 0 saturated heterocycles. The molecule has 1 rings (SSSR count). The van der Waals surface area contributed by atoms with E-state index in [1.165, 1.54) is 32.1 Å². The summed E-state index contributed by atoms with van der Waals surface area (Å²) in [6.07, 6.45) is 15.8. The van der Waals surface area contributed by atoms with Crippen molar-refractivity contribution in [1.29, 1.82) is 0 Å². The summed E-state index contributed by atoms with van der Waals surface area (Å²) in [5, 5.41) is 0. The summed E-state index contributed by atoms with van der Waals surface area (Å²) in [6, 6.07) is 0. The minimum atomic E-state index is -0.113. The van der Waals surface area contributed by atoms with E-state index in [2.05, 4.69) is 57.5 Å². The average molecular weight is 244 g/mol. The van der Waals surface area contributed by atoms with Crippen LogP contribution in [-0.2, 0) is 0 Å². The maximum absolute atomic E-state index is 4.12. The van der Waals surface area contributed by atoms with Crippen LogP contribution < -0.4 is 0 Å². The number of hydrogen-bond acceptors (Lipinski definition) is 0. The first kappa shape index (κ1) is 15.0. The molecule has 0 nitrogen and oxygen atoms in total. The summed E-state index contributed by atoms with van der Waals surface area (Å²) < 4.78 is 0. The summed E-state index contributed by atoms with van der Waals surface area (Å²) in [5.41, 5.74) is -0.204. The van der Waals surface area contributed by atoms with Crippen LogP contribution in [0.2, 0.25) is 0 Å². The van der Waals surface area contributed by atoms with E-state index in [1.807, 2.05) is 0 Å². The fourth-order valence-electron chi connectivity index (χ4n) is 3.79. The third-order valence-corrected chi connectivity index (χ3v) is 5.08. The number of allylic oxidation sites excluding steroid dienone is 4. The predicted molar refractivity (Wildman–Crippen MR) is 82.5 cm³/mol. The topological polar surface area (TPSA) is 0 Å². The van der Waals surface area contributed by atoms with Gasteiger partial charge in [-0.1, -0.05) is 50.5 Å². The van der Waals surface area contributed by atoms with Crippen molar-refractivity contribution in [3.8, 4) is 0 Å². The van der Waals surface area contributed by atoms with Gasteiger partial charge in [0.05, 0.1) is 0 Å². The largest absolute Gasteiger partial charge is 0.102 e. The van der Waals surface area contributed by atoms with Crippen LogP contribution in [0.25, 0.3) is 0 Å². The molecule has 0 N–H and O–H groups in total. The van der Waals surface area contributed by atoms with Gasteiger partial charge in [-0.2, -0.15) is 0 Å². The van der Waals surface area contributed by atoms with Gasteiger partial charge in [0, 0.05) is 10.8 Å². The van der Waals surface area contributed by atoms with Gasteiger partial charge in [0.25, 0.3) is 0 Å². The molecule has 0 spiro atoms. The number of rotatable bonds is 7. The average Bonchev–Trinajstić information content (AvgIpc) is 2.46. The Morgan fingerprint density at radius 2 is 1.39 bits per heavy atom. The summed E-state index contributed by atoms with van der Waals surface area (Å²) in [6.45, 7) is 18.6. The molecule has 0 amide bonds. The van der Waals surface area contributed by atoms with Crippen LogP contribution in [0.4, 0.5) is 0 Å². The lowest BCUT2D eigenvalue weighted by atomic mass is 9.53. The Bertz CT molecular complexity index is 299. The van der Waals surface area contributed by atoms with Gasteiger partial charge in [0.15, 0.2) is 0 Å². The molecule has 0 aliphatic heterocycles. The zero-order valence-corrected chi connectivity index (χ0v) is 12.0. The maximum atomic E-state index is 4.12. The molecule has 0 aromatic heterocycles. The Morgan fingerprint density at radius 1 is 0.889 bits per heavy atom. The van der Waals surface area contributed by atoms with Gasteiger partial charge in [0.1, 0.15) is 0 Å². The zero-order valence-electron chi connectivity index (χ0n) is 12.0. The number of hydrogen-bond donors (Lipinski definition) is 0. The zero-order chi connectivity index (χ0) is 13.6. The van der Waals surface area contributed by atoms with E-state index in [1.54, 1.807) is 0 Å². The van der Waals surface area contributed by atoms with Gasteiger partial charge < -0.3 is 0 Å². The first-order valence-corrected chi connectivity index (χ1v) is 7.20. The first-order valence-electron chi connectivity index (χ1n) is 7.20. The second-order valence-corrected chi connectivity index (χ2v) is 5.48. The Balaban J connectivity index is 3.26. The maximum Gasteiger partial charge on any atom is 0.0210 e. The van der Waals surface area contributed by atoms with Crippen LogP contribution >= 0.6 is 0 Å². The molecule has 0 radical (unpaired) electrons. The second-order valence-electron chi connectivity index (χ2n) is 5.48. The van der Waals surface area contributed by atoms with Gasteiger partial charge in [-0.25, -0.2) is 0 Å². The molecule has 0 atom stereocenters. The first-order chi connectivity index (χ1) is 8.66. The van der Waals surface area contributed by atoms with E-state index in [9.17, 15) is 0 Å². The molecular formula is C18H28. The van der Waals surface area contributed by atoms with Crippen molar-refractivity contribution in [2.24, 2.45) is 16.7 Å². The van der Waals surface area contributed by atoms with Gasteiger partial charge in [0.2, 0.25) is 0 Å². The Labute approximate surface area is 113 Å². The standard InChI is InChI=1S/C18H28/c1-6-17(7-2,8-3)18(9-4,10-5)16-14-12-11-13-15-16/h6-7,9-10,16H,1-2,4-5,8,11-15H2,3H3. The van der Waals surface area contributed by atoms with Crippen molar-refractivity contribution < 1.29 is 0 Å². The molecule has 0 aromatic carbocycles. The van der Waals surface area contributed by atoms with E-state index in [-0.39, 0.29) is 10.8 Å². The van der Waals surface area contributed by atoms with E-state index in [0.29, 0.717) is 5.92 Å². The van der Waals surface area contributed by atoms with Crippen LogP contribution in [0.1, 0.15) is 45.4 Å². The van der Waals surface area contributed by atoms with Gasteiger partial charge in [-0.15, -0.1) is 26.3 Å². The van der Waals surface area contributed by atoms with Crippen molar-refractivity contribution in [2.45, 2.75) is 45.4 Å². The lowest BCUT2D eigenvalue weighted by Gasteiger charge is -2.50. The van der Waals surface area contributed by atoms with Gasteiger partial charge in [-0.3, -0.25) is 0 Å². The summed E-state index contributed by atoms with van der Waals surface area (Å²) in [5.74, 6) is 0.622. The highest BCUT2D eigenvalue weighted by Crippen LogP contribution is 2.55. The normalized spacial score (nSPS) is 18.1. The summed E-state index contributed by atoms with van der Waals surface area (Å²) in [4.78, 5) is 0. The van der Waals surface area contributed by atoms with E-state index in [0.717, 1.165) is 6.42 Å². The molecule has 100 valence electrons. The highest BCUT2D eigenvalue weighted by Gasteiger charge is 2.47. The molecule has 0 aromatic rings. The van der Waals surface area contributed by atoms with Crippen molar-refractivity contribution >= 4 is 0 Å². The van der Waals surface area contributed by atoms with Gasteiger partial charge in [-0.05, 0) is 25.2 Å². The Kier molecular flexibility index (Phi) is 5.19. The third-order valence-electron chi connectivity index (χ3n) is 5.08. The Hall–Kier alpha value is -1.04. The predicted octanol–water partition coefficient (Wildman–Crippen LogP) is 5.69. The van der Waals surface area contributed by atoms with E-state index >= 15 is 0 Å². The molecule has 1 aliphatic rings. The van der Waals surface area contributed by atoms with Crippen LogP contribution in [-0.4, -0.2) is 0 Å². The minimum Gasteiger partial charge on any atom is -0.102 e. The summed E-state index contributed by atoms with van der Waals surface area (Å²) in [7, 11) is 0. The SMILES string of the molecule is C=CC(C=C)(CC)C(C=C)(C=C)C1CCCCC1. The lowest BCUT2D eigenvalue weighted by molar-refractivity contribution is 0.120. The quantitative estimate of drug-likeness (QED) is 0.504. The van der Waals surface area contributed by atoms with Crippen LogP contribution in [0.15, 0.2) is 50.6 Å². The third kappa shape index (κ3) is 2.13. The highest BCUT2D eigenvalue weighted by atomic mass is 14.5. The van der Waals surface area contributed by atoms with E-state index in [4.69, 9.17) is 0 Å². The van der Waals surface area contributed by atoms with Crippen molar-refractivity contribution in [1.82, 2.24) is 0 Å². The molecule has 0 heteroatoms. The minimum absolute atomic E-state index is 0.0916. The summed E-state index contributed by atoms with van der Waals surface area (Å²) >= 11 is 0. The van der Waals surface area contributed by atoms with E-state index < -0.39 is 0 Å². The Morgan fingerprint density at radius 3 is 1.72 bits per heavy atom. The van der Waals surface area contributed by atoms with Crippen molar-refractivity contribution in [2.75, 3.05) is 0 Å². The molecule has 1 saturated carbocycles. The van der Waals surface area contributed by atoms with Gasteiger partial charge >= 0.3 is 0 Å². The molecule has 0 bridgehead atoms. The molecule has 0 heterocycles. The highest BCUT2D eigenvalue weighted by molar-refractivity contribution is 5.27. The van der Waals surface area contributed by atoms with Crippen LogP contribution in [0.5, 0.6) is 0 Å². The van der Waals surface area contributed by atoms with Crippen LogP contribution in [0.3, 0.4) is 0 Å². The molecule has 18 heavy (non-hydrogen) atoms. The molecule has 1 aliphatic carbocycles. The lowest BCUT2D eigenvalue weighted by Crippen LogP contribution is -2.42. The fourth-order valence-corrected chi connectivity index (χ4v) is 3.79. The molecule has 1 fully saturated rings. The molecular weight excluding hydrogens is 216 g/mol. The second kappa shape index (κ2) is 6.22. The van der Waals surface area contributed by atoms with Crippen LogP contribution in [0, 0.1) is 16.7 Å². The monoisotopic (exact) mass is 244 g/mol. The van der Waals surface area contributed by atoms with Crippen molar-refractivity contribution in [3.63, 3.8) is 0 Å². The molecule has 0 unspecified atom stereocenters.